The quantitative estimate of drug-likeness (QED) is 0.743. The molecule has 15 heavy (non-hydrogen) atoms. The largest absolute Gasteiger partial charge is 0.256 e. The molecule has 0 bridgehead atoms. The van der Waals surface area contributed by atoms with E-state index in [0.717, 1.165) is 0 Å². The van der Waals surface area contributed by atoms with Gasteiger partial charge in [0, 0.05) is 21.4 Å². The molecule has 0 amide bonds. The molecular formula is C14H15N. The Labute approximate surface area is 101 Å². The fourth-order valence-corrected chi connectivity index (χ4v) is 1.40. The Kier molecular flexibility index (Phi) is 1.42. The number of pyridine rings is 1. The van der Waals surface area contributed by atoms with Crippen LogP contribution in [-0.2, 0) is 6.37 Å². The molecule has 0 saturated heterocycles. The van der Waals surface area contributed by atoms with Crippen LogP contribution < -0.4 is 0 Å². The van der Waals surface area contributed by atoms with Crippen LogP contribution in [0.5, 0.6) is 0 Å². The van der Waals surface area contributed by atoms with Gasteiger partial charge in [-0.25, -0.2) is 0 Å². The molecule has 1 heteroatoms. The number of benzene rings is 1. The molecular weight excluding hydrogens is 182 g/mol. The molecule has 0 fully saturated rings. The van der Waals surface area contributed by atoms with Crippen LogP contribution in [-0.4, -0.2) is 4.98 Å². The van der Waals surface area contributed by atoms with E-state index in [-0.39, 0.29) is 11.3 Å². The zero-order chi connectivity index (χ0) is 16.6. The summed E-state index contributed by atoms with van der Waals surface area (Å²) in [4.78, 5) is 4.12. The van der Waals surface area contributed by atoms with E-state index in [1.807, 2.05) is 0 Å². The van der Waals surface area contributed by atoms with Gasteiger partial charge in [-0.3, -0.25) is 4.98 Å². The Morgan fingerprint density at radius 1 is 1.20 bits per heavy atom. The lowest BCUT2D eigenvalue weighted by Gasteiger charge is -2.06. The van der Waals surface area contributed by atoms with Crippen molar-refractivity contribution in [2.24, 2.45) is 0 Å². The van der Waals surface area contributed by atoms with Gasteiger partial charge in [-0.1, -0.05) is 49.6 Å². The van der Waals surface area contributed by atoms with E-state index in [9.17, 15) is 0 Å². The standard InChI is InChI=1S/C14H15N/c1-2-7-12-10-6-11-15-14(12)13-8-4-3-5-9-13/h3-6,8-11H,2,7H2,1H3/i1D3,2D2,7D2. The van der Waals surface area contributed by atoms with Crippen molar-refractivity contribution < 1.29 is 9.60 Å². The Hall–Kier alpha value is -1.63. The van der Waals surface area contributed by atoms with Crippen LogP contribution in [0.4, 0.5) is 0 Å². The molecule has 2 aromatic rings. The van der Waals surface area contributed by atoms with E-state index in [4.69, 9.17) is 9.60 Å². The van der Waals surface area contributed by atoms with Crippen molar-refractivity contribution >= 4 is 0 Å². The number of aryl methyl sites for hydroxylation is 1. The lowest BCUT2D eigenvalue weighted by atomic mass is 10.0. The summed E-state index contributed by atoms with van der Waals surface area (Å²) in [6, 6.07) is 11.6. The molecule has 0 spiro atoms. The highest BCUT2D eigenvalue weighted by Gasteiger charge is 2.03. The van der Waals surface area contributed by atoms with Crippen molar-refractivity contribution in [2.45, 2.75) is 19.6 Å². The summed E-state index contributed by atoms with van der Waals surface area (Å²) in [7, 11) is 0. The first-order valence-corrected chi connectivity index (χ1v) is 4.60. The van der Waals surface area contributed by atoms with Crippen molar-refractivity contribution in [2.75, 3.05) is 0 Å². The lowest BCUT2D eigenvalue weighted by Crippen LogP contribution is -1.91. The Morgan fingerprint density at radius 2 is 2.07 bits per heavy atom. The van der Waals surface area contributed by atoms with Crippen LogP contribution in [0.25, 0.3) is 11.3 Å². The van der Waals surface area contributed by atoms with Crippen LogP contribution in [0.1, 0.15) is 28.4 Å². The maximum Gasteiger partial charge on any atom is 0.0733 e. The third kappa shape index (κ3) is 2.24. The highest BCUT2D eigenvalue weighted by atomic mass is 14.7. The maximum atomic E-state index is 8.11. The van der Waals surface area contributed by atoms with Crippen molar-refractivity contribution in [3.05, 3.63) is 54.2 Å². The Bertz CT molecular complexity index is 650. The molecule has 1 aromatic carbocycles. The van der Waals surface area contributed by atoms with Gasteiger partial charge in [0.2, 0.25) is 0 Å². The molecule has 0 N–H and O–H groups in total. The number of nitrogens with zero attached hydrogens (tertiary/aromatic N) is 1. The molecule has 0 unspecified atom stereocenters. The van der Waals surface area contributed by atoms with Gasteiger partial charge in [0.05, 0.1) is 5.69 Å². The molecule has 0 atom stereocenters. The highest BCUT2D eigenvalue weighted by molar-refractivity contribution is 5.62. The van der Waals surface area contributed by atoms with Gasteiger partial charge in [0.1, 0.15) is 0 Å². The number of hydrogen-bond donors (Lipinski definition) is 0. The van der Waals surface area contributed by atoms with E-state index >= 15 is 0 Å². The monoisotopic (exact) mass is 204 g/mol. The molecule has 0 aliphatic rings. The van der Waals surface area contributed by atoms with E-state index in [2.05, 4.69) is 4.98 Å². The molecule has 0 saturated carbocycles. The van der Waals surface area contributed by atoms with Gasteiger partial charge in [0.15, 0.2) is 0 Å². The van der Waals surface area contributed by atoms with E-state index in [0.29, 0.717) is 5.56 Å². The Morgan fingerprint density at radius 3 is 2.87 bits per heavy atom. The van der Waals surface area contributed by atoms with Crippen molar-refractivity contribution in [1.29, 1.82) is 0 Å². The second kappa shape index (κ2) is 4.74. The molecule has 0 aliphatic heterocycles. The summed E-state index contributed by atoms with van der Waals surface area (Å²) < 4.78 is 53.7. The van der Waals surface area contributed by atoms with Gasteiger partial charge in [0.25, 0.3) is 0 Å². The highest BCUT2D eigenvalue weighted by Crippen LogP contribution is 2.21. The fraction of sp³-hybridized carbons (Fsp3) is 0.214. The molecule has 0 aliphatic carbocycles. The Balaban J connectivity index is 2.63. The third-order valence-corrected chi connectivity index (χ3v) is 2.05. The molecule has 76 valence electrons. The van der Waals surface area contributed by atoms with E-state index in [1.165, 1.54) is 18.3 Å². The van der Waals surface area contributed by atoms with Crippen molar-refractivity contribution in [3.8, 4) is 11.3 Å². The first-order chi connectivity index (χ1) is 10.1. The minimum Gasteiger partial charge on any atom is -0.256 e. The second-order valence-electron chi connectivity index (χ2n) is 3.02. The maximum absolute atomic E-state index is 8.11. The van der Waals surface area contributed by atoms with Crippen LogP contribution in [0.3, 0.4) is 0 Å². The van der Waals surface area contributed by atoms with Gasteiger partial charge in [-0.15, -0.1) is 0 Å². The summed E-state index contributed by atoms with van der Waals surface area (Å²) in [5.74, 6) is 0. The zero-order valence-electron chi connectivity index (χ0n) is 15.1. The predicted molar refractivity (Wildman–Crippen MR) is 63.7 cm³/mol. The summed E-state index contributed by atoms with van der Waals surface area (Å²) >= 11 is 0. The summed E-state index contributed by atoms with van der Waals surface area (Å²) in [6.45, 7) is -3.10. The van der Waals surface area contributed by atoms with E-state index < -0.39 is 19.6 Å². The number of rotatable bonds is 3. The first-order valence-electron chi connectivity index (χ1n) is 8.10. The van der Waals surface area contributed by atoms with Gasteiger partial charge in [-0.05, 0) is 18.0 Å². The topological polar surface area (TPSA) is 12.9 Å². The van der Waals surface area contributed by atoms with Crippen molar-refractivity contribution in [1.82, 2.24) is 4.98 Å². The summed E-state index contributed by atoms with van der Waals surface area (Å²) in [5, 5.41) is 0. The average molecular weight is 204 g/mol. The predicted octanol–water partition coefficient (Wildman–Crippen LogP) is 3.70. The molecule has 1 aromatic heterocycles. The summed E-state index contributed by atoms with van der Waals surface area (Å²) in [5.41, 5.74) is 0.756. The second-order valence-corrected chi connectivity index (χ2v) is 3.02. The lowest BCUT2D eigenvalue weighted by molar-refractivity contribution is 0.916. The molecule has 0 radical (unpaired) electrons. The third-order valence-electron chi connectivity index (χ3n) is 2.05. The molecule has 1 nitrogen and oxygen atoms in total. The first kappa shape index (κ1) is 4.48. The molecule has 1 heterocycles. The summed E-state index contributed by atoms with van der Waals surface area (Å²) in [6.07, 6.45) is -4.31. The fourth-order valence-electron chi connectivity index (χ4n) is 1.40. The van der Waals surface area contributed by atoms with E-state index in [1.54, 1.807) is 30.3 Å². The SMILES string of the molecule is [2H]C([2H])([2H])C([2H])([2H])C([2H])([2H])c1cccnc1-c1ccccc1. The minimum absolute atomic E-state index is 0.0812. The van der Waals surface area contributed by atoms with Crippen LogP contribution in [0.15, 0.2) is 48.7 Å². The van der Waals surface area contributed by atoms with Crippen LogP contribution in [0, 0.1) is 0 Å². The zero-order valence-corrected chi connectivity index (χ0v) is 8.07. The van der Waals surface area contributed by atoms with Gasteiger partial charge in [-0.2, -0.15) is 0 Å². The van der Waals surface area contributed by atoms with Crippen LogP contribution >= 0.6 is 0 Å². The van der Waals surface area contributed by atoms with Gasteiger partial charge >= 0.3 is 0 Å². The average Bonchev–Trinajstić information content (AvgIpc) is 2.47. The smallest absolute Gasteiger partial charge is 0.0733 e. The normalized spacial score (nSPS) is 19.9. The molecule has 2 rings (SSSR count). The number of hydrogen-bond acceptors (Lipinski definition) is 1. The number of aromatic nitrogens is 1. The minimum atomic E-state index is -3.10. The van der Waals surface area contributed by atoms with Crippen LogP contribution in [0.2, 0.25) is 0 Å². The van der Waals surface area contributed by atoms with Crippen molar-refractivity contribution in [3.63, 3.8) is 0 Å². The van der Waals surface area contributed by atoms with Gasteiger partial charge < -0.3 is 0 Å².